The average Bonchev–Trinajstić information content (AvgIpc) is 2.49. The van der Waals surface area contributed by atoms with Crippen LogP contribution in [0.15, 0.2) is 0 Å². The number of nitrogens with two attached hydrogens (primary N) is 1. The zero-order valence-corrected chi connectivity index (χ0v) is 7.36. The van der Waals surface area contributed by atoms with Crippen molar-refractivity contribution in [3.63, 3.8) is 0 Å². The van der Waals surface area contributed by atoms with Gasteiger partial charge in [0, 0.05) is 6.54 Å². The molecule has 1 saturated heterocycles. The smallest absolute Gasteiger partial charge is 0.239 e. The van der Waals surface area contributed by atoms with Crippen LogP contribution in [0.5, 0.6) is 0 Å². The number of aliphatic hydroxyl groups excluding tert-OH is 1. The predicted molar refractivity (Wildman–Crippen MR) is 45.5 cm³/mol. The number of carbonyl (C=O) groups is 1. The van der Waals surface area contributed by atoms with E-state index >= 15 is 0 Å². The summed E-state index contributed by atoms with van der Waals surface area (Å²) in [6, 6.07) is -0.444. The summed E-state index contributed by atoms with van der Waals surface area (Å²) in [6.45, 7) is 2.47. The number of hydrogen-bond donors (Lipinski definition) is 2. The summed E-state index contributed by atoms with van der Waals surface area (Å²) in [5.41, 5.74) is 5.46. The molecule has 4 nitrogen and oxygen atoms in total. The van der Waals surface area contributed by atoms with Crippen molar-refractivity contribution < 1.29 is 9.90 Å². The van der Waals surface area contributed by atoms with Crippen molar-refractivity contribution in [2.75, 3.05) is 13.2 Å². The molecule has 1 aliphatic heterocycles. The Bertz CT molecular complexity index is 170. The van der Waals surface area contributed by atoms with Crippen LogP contribution in [0.1, 0.15) is 19.8 Å². The Kier molecular flexibility index (Phi) is 3.05. The predicted octanol–water partition coefficient (Wildman–Crippen LogP) is -0.683. The van der Waals surface area contributed by atoms with E-state index < -0.39 is 6.04 Å². The van der Waals surface area contributed by atoms with E-state index in [0.29, 0.717) is 0 Å². The molecule has 0 aliphatic carbocycles. The number of amides is 1. The van der Waals surface area contributed by atoms with Gasteiger partial charge in [0.2, 0.25) is 5.91 Å². The van der Waals surface area contributed by atoms with Crippen LogP contribution in [-0.4, -0.2) is 41.1 Å². The Hall–Kier alpha value is -0.610. The first-order valence-electron chi connectivity index (χ1n) is 4.33. The fraction of sp³-hybridized carbons (Fsp3) is 0.875. The quantitative estimate of drug-likeness (QED) is 0.580. The van der Waals surface area contributed by atoms with Gasteiger partial charge in [0.1, 0.15) is 0 Å². The third-order valence-corrected chi connectivity index (χ3v) is 2.26. The Balaban J connectivity index is 2.55. The second kappa shape index (κ2) is 3.87. The van der Waals surface area contributed by atoms with Gasteiger partial charge in [-0.2, -0.15) is 0 Å². The molecule has 2 atom stereocenters. The van der Waals surface area contributed by atoms with Crippen LogP contribution in [0, 0.1) is 0 Å². The fourth-order valence-corrected chi connectivity index (χ4v) is 1.58. The van der Waals surface area contributed by atoms with Gasteiger partial charge in [0.15, 0.2) is 0 Å². The average molecular weight is 172 g/mol. The molecular weight excluding hydrogens is 156 g/mol. The molecule has 0 aromatic rings. The lowest BCUT2D eigenvalue weighted by Gasteiger charge is -2.24. The highest BCUT2D eigenvalue weighted by atomic mass is 16.3. The Morgan fingerprint density at radius 1 is 1.83 bits per heavy atom. The maximum absolute atomic E-state index is 11.4. The molecular formula is C8H16N2O2. The lowest BCUT2D eigenvalue weighted by Crippen LogP contribution is -2.45. The van der Waals surface area contributed by atoms with Gasteiger partial charge in [-0.1, -0.05) is 0 Å². The van der Waals surface area contributed by atoms with Gasteiger partial charge in [0.25, 0.3) is 0 Å². The maximum Gasteiger partial charge on any atom is 0.239 e. The number of carbonyl (C=O) groups excluding carboxylic acids is 1. The summed E-state index contributed by atoms with van der Waals surface area (Å²) in [5, 5.41) is 8.93. The molecule has 1 heterocycles. The van der Waals surface area contributed by atoms with Gasteiger partial charge in [0.05, 0.1) is 18.7 Å². The molecule has 4 heteroatoms. The number of hydrogen-bond acceptors (Lipinski definition) is 3. The van der Waals surface area contributed by atoms with Gasteiger partial charge in [-0.05, 0) is 19.8 Å². The summed E-state index contributed by atoms with van der Waals surface area (Å²) in [4.78, 5) is 13.1. The van der Waals surface area contributed by atoms with Crippen LogP contribution in [0.25, 0.3) is 0 Å². The van der Waals surface area contributed by atoms with Crippen LogP contribution in [-0.2, 0) is 4.79 Å². The lowest BCUT2D eigenvalue weighted by atomic mass is 10.2. The summed E-state index contributed by atoms with van der Waals surface area (Å²) >= 11 is 0. The Morgan fingerprint density at radius 2 is 2.50 bits per heavy atom. The largest absolute Gasteiger partial charge is 0.394 e. The van der Waals surface area contributed by atoms with E-state index in [-0.39, 0.29) is 18.6 Å². The molecule has 0 saturated carbocycles. The second-order valence-corrected chi connectivity index (χ2v) is 3.30. The minimum Gasteiger partial charge on any atom is -0.394 e. The van der Waals surface area contributed by atoms with Crippen LogP contribution < -0.4 is 5.73 Å². The number of likely N-dealkylation sites (tertiary alicyclic amines) is 1. The molecule has 3 N–H and O–H groups in total. The van der Waals surface area contributed by atoms with Crippen LogP contribution in [0.4, 0.5) is 0 Å². The first-order chi connectivity index (χ1) is 5.66. The first kappa shape index (κ1) is 9.48. The van der Waals surface area contributed by atoms with Gasteiger partial charge in [-0.15, -0.1) is 0 Å². The lowest BCUT2D eigenvalue weighted by molar-refractivity contribution is -0.133. The highest BCUT2D eigenvalue weighted by molar-refractivity contribution is 5.81. The summed E-state index contributed by atoms with van der Waals surface area (Å²) < 4.78 is 0. The Morgan fingerprint density at radius 3 is 3.00 bits per heavy atom. The number of aliphatic hydroxyl groups is 1. The fourth-order valence-electron chi connectivity index (χ4n) is 1.58. The molecule has 1 fully saturated rings. The molecule has 0 spiro atoms. The molecule has 0 bridgehead atoms. The van der Waals surface area contributed by atoms with E-state index in [1.165, 1.54) is 0 Å². The van der Waals surface area contributed by atoms with E-state index in [1.54, 1.807) is 11.8 Å². The zero-order chi connectivity index (χ0) is 9.14. The third kappa shape index (κ3) is 1.76. The number of nitrogens with zero attached hydrogens (tertiary/aromatic N) is 1. The maximum atomic E-state index is 11.4. The minimum absolute atomic E-state index is 0.00324. The molecule has 12 heavy (non-hydrogen) atoms. The van der Waals surface area contributed by atoms with Crippen LogP contribution in [0.2, 0.25) is 0 Å². The molecule has 0 aromatic carbocycles. The zero-order valence-electron chi connectivity index (χ0n) is 7.36. The van der Waals surface area contributed by atoms with Crippen molar-refractivity contribution in [1.29, 1.82) is 0 Å². The molecule has 1 aliphatic rings. The van der Waals surface area contributed by atoms with E-state index in [2.05, 4.69) is 0 Å². The van der Waals surface area contributed by atoms with Crippen LogP contribution >= 0.6 is 0 Å². The van der Waals surface area contributed by atoms with Gasteiger partial charge in [-0.3, -0.25) is 4.79 Å². The molecule has 1 rings (SSSR count). The topological polar surface area (TPSA) is 66.6 Å². The molecule has 0 aromatic heterocycles. The highest BCUT2D eigenvalue weighted by Crippen LogP contribution is 2.16. The van der Waals surface area contributed by atoms with Crippen molar-refractivity contribution >= 4 is 5.91 Å². The summed E-state index contributed by atoms with van der Waals surface area (Å²) in [7, 11) is 0. The van der Waals surface area contributed by atoms with E-state index in [1.807, 2.05) is 0 Å². The second-order valence-electron chi connectivity index (χ2n) is 3.30. The summed E-state index contributed by atoms with van der Waals surface area (Å²) in [5.74, 6) is -0.0495. The van der Waals surface area contributed by atoms with Crippen LogP contribution in [0.3, 0.4) is 0 Å². The van der Waals surface area contributed by atoms with Crippen molar-refractivity contribution in [2.24, 2.45) is 5.73 Å². The van der Waals surface area contributed by atoms with Crippen molar-refractivity contribution in [3.8, 4) is 0 Å². The van der Waals surface area contributed by atoms with Gasteiger partial charge < -0.3 is 15.7 Å². The van der Waals surface area contributed by atoms with E-state index in [4.69, 9.17) is 10.8 Å². The molecule has 1 unspecified atom stereocenters. The van der Waals surface area contributed by atoms with Crippen molar-refractivity contribution in [1.82, 2.24) is 4.90 Å². The van der Waals surface area contributed by atoms with Gasteiger partial charge >= 0.3 is 0 Å². The Labute approximate surface area is 72.3 Å². The standard InChI is InChI=1S/C8H16N2O2/c1-6(9)8(12)10-4-2-3-7(10)5-11/h6-7,11H,2-5,9H2,1H3/t6-,7?/m0/s1. The molecule has 70 valence electrons. The minimum atomic E-state index is -0.447. The number of rotatable bonds is 2. The normalized spacial score (nSPS) is 25.9. The highest BCUT2D eigenvalue weighted by Gasteiger charge is 2.29. The molecule has 0 radical (unpaired) electrons. The third-order valence-electron chi connectivity index (χ3n) is 2.26. The monoisotopic (exact) mass is 172 g/mol. The van der Waals surface area contributed by atoms with Crippen molar-refractivity contribution in [3.05, 3.63) is 0 Å². The summed E-state index contributed by atoms with van der Waals surface area (Å²) in [6.07, 6.45) is 1.87. The van der Waals surface area contributed by atoms with Crippen molar-refractivity contribution in [2.45, 2.75) is 31.8 Å². The van der Waals surface area contributed by atoms with E-state index in [9.17, 15) is 4.79 Å². The first-order valence-corrected chi connectivity index (χ1v) is 4.33. The van der Waals surface area contributed by atoms with E-state index in [0.717, 1.165) is 19.4 Å². The van der Waals surface area contributed by atoms with Gasteiger partial charge in [-0.25, -0.2) is 0 Å². The molecule has 1 amide bonds. The SMILES string of the molecule is C[C@H](N)C(=O)N1CCCC1CO.